The minimum absolute atomic E-state index is 0.0518. The van der Waals surface area contributed by atoms with Gasteiger partial charge in [0.15, 0.2) is 5.78 Å². The highest BCUT2D eigenvalue weighted by atomic mass is 35.5. The Morgan fingerprint density at radius 3 is 2.70 bits per heavy atom. The van der Waals surface area contributed by atoms with E-state index in [1.807, 2.05) is 6.92 Å². The number of carbonyl (C=O) groups is 2. The maximum atomic E-state index is 12.8. The molecular formula is C22H31ClO4. The van der Waals surface area contributed by atoms with E-state index in [1.165, 1.54) is 0 Å². The van der Waals surface area contributed by atoms with E-state index >= 15 is 0 Å². The fourth-order valence-corrected chi connectivity index (χ4v) is 8.74. The van der Waals surface area contributed by atoms with Crippen LogP contribution in [0.3, 0.4) is 0 Å². The summed E-state index contributed by atoms with van der Waals surface area (Å²) in [6, 6.07) is 0. The molecule has 0 aromatic heterocycles. The van der Waals surface area contributed by atoms with Gasteiger partial charge in [0.2, 0.25) is 0 Å². The second-order valence-electron chi connectivity index (χ2n) is 10.6. The Bertz CT molecular complexity index is 723. The van der Waals surface area contributed by atoms with E-state index < -0.39 is 11.0 Å². The summed E-state index contributed by atoms with van der Waals surface area (Å²) < 4.78 is 6.55. The van der Waals surface area contributed by atoms with Crippen LogP contribution in [0.15, 0.2) is 0 Å². The molecule has 0 amide bonds. The van der Waals surface area contributed by atoms with Crippen molar-refractivity contribution in [3.05, 3.63) is 0 Å². The molecule has 1 N–H and O–H groups in total. The standard InChI is InChI=1S/C22H31ClO4/c1-12-8-16-15-5-4-13-9-14(24)6-7-19(13,2)22(15)18(27-22)10-20(16,3)21(12,26)17(25)11-23/h12-13,15-16,18,26H,4-11H2,1-3H3/t12-,13+,15-,16-,18?,19-,20-,21-,22-/m0/s1. The van der Waals surface area contributed by atoms with E-state index in [2.05, 4.69) is 13.8 Å². The second kappa shape index (κ2) is 5.37. The zero-order chi connectivity index (χ0) is 19.4. The van der Waals surface area contributed by atoms with Gasteiger partial charge < -0.3 is 9.84 Å². The van der Waals surface area contributed by atoms with E-state index in [-0.39, 0.29) is 40.6 Å². The van der Waals surface area contributed by atoms with E-state index in [9.17, 15) is 14.7 Å². The van der Waals surface area contributed by atoms with Crippen molar-refractivity contribution < 1.29 is 19.4 Å². The Morgan fingerprint density at radius 2 is 2.00 bits per heavy atom. The van der Waals surface area contributed by atoms with E-state index in [1.54, 1.807) is 0 Å². The first-order chi connectivity index (χ1) is 12.6. The summed E-state index contributed by atoms with van der Waals surface area (Å²) in [5.74, 6) is 1.04. The number of hydrogen-bond acceptors (Lipinski definition) is 4. The van der Waals surface area contributed by atoms with Gasteiger partial charge in [-0.25, -0.2) is 0 Å². The van der Waals surface area contributed by atoms with Gasteiger partial charge in [-0.05, 0) is 55.8 Å². The number of fused-ring (bicyclic) bond motifs is 3. The van der Waals surface area contributed by atoms with Crippen molar-refractivity contribution in [2.24, 2.45) is 34.5 Å². The molecule has 1 aliphatic heterocycles. The molecule has 0 radical (unpaired) electrons. The largest absolute Gasteiger partial charge is 0.381 e. The molecule has 5 aliphatic rings. The van der Waals surface area contributed by atoms with Crippen molar-refractivity contribution in [3.63, 3.8) is 0 Å². The Hall–Kier alpha value is -0.450. The normalized spacial score (nSPS) is 58.7. The number of ether oxygens (including phenoxy) is 1. The van der Waals surface area contributed by atoms with E-state index in [4.69, 9.17) is 16.3 Å². The van der Waals surface area contributed by atoms with Crippen molar-refractivity contribution in [2.45, 2.75) is 83.0 Å². The number of halogens is 1. The molecule has 5 fully saturated rings. The van der Waals surface area contributed by atoms with Crippen LogP contribution in [0, 0.1) is 34.5 Å². The molecule has 1 heterocycles. The second-order valence-corrected chi connectivity index (χ2v) is 10.9. The Labute approximate surface area is 166 Å². The third kappa shape index (κ3) is 1.89. The number of rotatable bonds is 2. The molecule has 0 aromatic carbocycles. The number of aliphatic hydroxyl groups is 1. The molecule has 5 rings (SSSR count). The Morgan fingerprint density at radius 1 is 1.26 bits per heavy atom. The van der Waals surface area contributed by atoms with Gasteiger partial charge in [0.1, 0.15) is 17.0 Å². The van der Waals surface area contributed by atoms with Crippen LogP contribution in [0.4, 0.5) is 0 Å². The smallest absolute Gasteiger partial charge is 0.179 e. The summed E-state index contributed by atoms with van der Waals surface area (Å²) in [7, 11) is 0. The van der Waals surface area contributed by atoms with Crippen LogP contribution in [-0.2, 0) is 14.3 Å². The third-order valence-corrected chi connectivity index (χ3v) is 10.2. The highest BCUT2D eigenvalue weighted by molar-refractivity contribution is 6.29. The quantitative estimate of drug-likeness (QED) is 0.574. The number of epoxide rings is 1. The summed E-state index contributed by atoms with van der Waals surface area (Å²) in [6.07, 6.45) is 6.10. The molecule has 5 heteroatoms. The summed E-state index contributed by atoms with van der Waals surface area (Å²) >= 11 is 5.92. The van der Waals surface area contributed by atoms with Gasteiger partial charge in [0.05, 0.1) is 12.0 Å². The van der Waals surface area contributed by atoms with Crippen molar-refractivity contribution in [1.82, 2.24) is 0 Å². The predicted molar refractivity (Wildman–Crippen MR) is 101 cm³/mol. The average Bonchev–Trinajstić information content (AvgIpc) is 3.31. The number of ketones is 2. The molecule has 4 aliphatic carbocycles. The van der Waals surface area contributed by atoms with Crippen molar-refractivity contribution >= 4 is 23.2 Å². The minimum Gasteiger partial charge on any atom is -0.381 e. The fourth-order valence-electron chi connectivity index (χ4n) is 8.54. The van der Waals surface area contributed by atoms with Crippen LogP contribution < -0.4 is 0 Å². The Kier molecular flexibility index (Phi) is 3.69. The number of carbonyl (C=O) groups excluding carboxylic acids is 2. The van der Waals surface area contributed by atoms with Crippen LogP contribution in [0.25, 0.3) is 0 Å². The Balaban J connectivity index is 1.56. The summed E-state index contributed by atoms with van der Waals surface area (Å²) in [4.78, 5) is 24.8. The van der Waals surface area contributed by atoms with E-state index in [0.717, 1.165) is 32.1 Å². The molecule has 1 saturated heterocycles. The molecule has 9 atom stereocenters. The summed E-state index contributed by atoms with van der Waals surface area (Å²) in [5.41, 5.74) is -1.91. The van der Waals surface area contributed by atoms with Crippen LogP contribution in [0.1, 0.15) is 65.7 Å². The number of Topliss-reactive ketones (excluding diaryl/α,β-unsaturated/α-hetero) is 2. The molecule has 1 spiro atoms. The van der Waals surface area contributed by atoms with Crippen LogP contribution in [-0.4, -0.2) is 39.9 Å². The van der Waals surface area contributed by atoms with Gasteiger partial charge in [-0.1, -0.05) is 20.8 Å². The molecule has 1 unspecified atom stereocenters. The highest BCUT2D eigenvalue weighted by Gasteiger charge is 2.82. The first-order valence-electron chi connectivity index (χ1n) is 10.7. The number of hydrogen-bond donors (Lipinski definition) is 1. The first kappa shape index (κ1) is 18.6. The van der Waals surface area contributed by atoms with Gasteiger partial charge in [-0.3, -0.25) is 9.59 Å². The van der Waals surface area contributed by atoms with Crippen molar-refractivity contribution in [2.75, 3.05) is 5.88 Å². The third-order valence-electron chi connectivity index (χ3n) is 9.98. The SMILES string of the molecule is C[C@H]1C[C@H]2[C@@H]3CC[C@@H]4CC(=O)CC[C@]4(C)[C@]34OC4C[C@]2(C)[C@@]1(O)C(=O)CCl. The maximum Gasteiger partial charge on any atom is 0.179 e. The van der Waals surface area contributed by atoms with E-state index in [0.29, 0.717) is 30.5 Å². The first-order valence-corrected chi connectivity index (χ1v) is 11.2. The predicted octanol–water partition coefficient (Wildman–Crippen LogP) is 3.51. The molecule has 4 saturated carbocycles. The van der Waals surface area contributed by atoms with Crippen LogP contribution in [0.2, 0.25) is 0 Å². The van der Waals surface area contributed by atoms with Gasteiger partial charge in [0, 0.05) is 23.7 Å². The molecule has 0 aromatic rings. The van der Waals surface area contributed by atoms with Gasteiger partial charge >= 0.3 is 0 Å². The zero-order valence-corrected chi connectivity index (χ0v) is 17.3. The molecule has 0 bridgehead atoms. The average molecular weight is 395 g/mol. The number of alkyl halides is 1. The molecule has 4 nitrogen and oxygen atoms in total. The van der Waals surface area contributed by atoms with Gasteiger partial charge in [-0.15, -0.1) is 11.6 Å². The zero-order valence-electron chi connectivity index (χ0n) is 16.6. The summed E-state index contributed by atoms with van der Waals surface area (Å²) in [5, 5.41) is 11.6. The molecular weight excluding hydrogens is 364 g/mol. The van der Waals surface area contributed by atoms with Crippen molar-refractivity contribution in [1.29, 1.82) is 0 Å². The van der Waals surface area contributed by atoms with Gasteiger partial charge in [-0.2, -0.15) is 0 Å². The van der Waals surface area contributed by atoms with Crippen molar-refractivity contribution in [3.8, 4) is 0 Å². The topological polar surface area (TPSA) is 66.9 Å². The molecule has 27 heavy (non-hydrogen) atoms. The maximum absolute atomic E-state index is 12.8. The lowest BCUT2D eigenvalue weighted by Gasteiger charge is -2.58. The fraction of sp³-hybridized carbons (Fsp3) is 0.909. The van der Waals surface area contributed by atoms with Crippen LogP contribution in [0.5, 0.6) is 0 Å². The van der Waals surface area contributed by atoms with Gasteiger partial charge in [0.25, 0.3) is 0 Å². The summed E-state index contributed by atoms with van der Waals surface area (Å²) in [6.45, 7) is 6.48. The lowest BCUT2D eigenvalue weighted by atomic mass is 9.44. The lowest BCUT2D eigenvalue weighted by molar-refractivity contribution is -0.166. The minimum atomic E-state index is -1.35. The monoisotopic (exact) mass is 394 g/mol. The van der Waals surface area contributed by atoms with Crippen LogP contribution >= 0.6 is 11.6 Å². The lowest BCUT2D eigenvalue weighted by Crippen LogP contribution is -2.63. The molecule has 150 valence electrons. The highest BCUT2D eigenvalue weighted by Crippen LogP contribution is 2.77.